The molecule has 0 radical (unpaired) electrons. The van der Waals surface area contributed by atoms with Gasteiger partial charge in [-0.2, -0.15) is 0 Å². The van der Waals surface area contributed by atoms with Gasteiger partial charge in [-0.25, -0.2) is 13.1 Å². The Morgan fingerprint density at radius 1 is 1.45 bits per heavy atom. The van der Waals surface area contributed by atoms with E-state index in [1.165, 1.54) is 7.11 Å². The fourth-order valence-electron chi connectivity index (χ4n) is 1.97. The van der Waals surface area contributed by atoms with Crippen molar-refractivity contribution < 1.29 is 13.2 Å². The molecule has 114 valence electrons. The van der Waals surface area contributed by atoms with Gasteiger partial charge in [-0.05, 0) is 43.4 Å². The molecule has 0 spiro atoms. The number of methoxy groups -OCH3 is 1. The first-order valence-corrected chi connectivity index (χ1v) is 7.82. The van der Waals surface area contributed by atoms with Crippen LogP contribution in [0.1, 0.15) is 18.4 Å². The van der Waals surface area contributed by atoms with Crippen LogP contribution in [0.25, 0.3) is 0 Å². The van der Waals surface area contributed by atoms with Gasteiger partial charge in [-0.1, -0.05) is 6.07 Å². The highest BCUT2D eigenvalue weighted by Gasteiger charge is 2.30. The number of benzene rings is 1. The van der Waals surface area contributed by atoms with Gasteiger partial charge in [0.2, 0.25) is 10.0 Å². The summed E-state index contributed by atoms with van der Waals surface area (Å²) in [6.45, 7) is 2.11. The third-order valence-electron chi connectivity index (χ3n) is 3.35. The van der Waals surface area contributed by atoms with Crippen molar-refractivity contribution in [2.24, 2.45) is 11.7 Å². The van der Waals surface area contributed by atoms with Gasteiger partial charge in [0.25, 0.3) is 0 Å². The average molecular weight is 321 g/mol. The first-order chi connectivity index (χ1) is 8.94. The Labute approximate surface area is 126 Å². The number of nitrogens with two attached hydrogens (primary N) is 1. The molecule has 1 aliphatic rings. The van der Waals surface area contributed by atoms with Crippen molar-refractivity contribution in [2.75, 3.05) is 13.7 Å². The zero-order valence-electron chi connectivity index (χ0n) is 11.6. The number of nitrogens with one attached hydrogen (secondary N) is 1. The van der Waals surface area contributed by atoms with Gasteiger partial charge in [0.05, 0.1) is 7.11 Å². The lowest BCUT2D eigenvalue weighted by molar-refractivity contribution is 0.402. The third kappa shape index (κ3) is 4.09. The van der Waals surface area contributed by atoms with E-state index in [0.29, 0.717) is 11.7 Å². The van der Waals surface area contributed by atoms with Gasteiger partial charge in [-0.3, -0.25) is 0 Å². The Morgan fingerprint density at radius 2 is 2.10 bits per heavy atom. The molecule has 1 aliphatic carbocycles. The molecule has 0 bridgehead atoms. The molecule has 3 N–H and O–H groups in total. The maximum Gasteiger partial charge on any atom is 0.244 e. The Hall–Kier alpha value is -0.820. The van der Waals surface area contributed by atoms with Crippen LogP contribution < -0.4 is 15.2 Å². The number of sulfonamides is 1. The normalized spacial score (nSPS) is 16.4. The zero-order chi connectivity index (χ0) is 14.0. The largest absolute Gasteiger partial charge is 0.495 e. The molecule has 0 heterocycles. The van der Waals surface area contributed by atoms with Crippen molar-refractivity contribution in [1.82, 2.24) is 4.72 Å². The average Bonchev–Trinajstić information content (AvgIpc) is 3.20. The van der Waals surface area contributed by atoms with E-state index < -0.39 is 10.0 Å². The minimum Gasteiger partial charge on any atom is -0.495 e. The fourth-order valence-corrected chi connectivity index (χ4v) is 3.29. The molecule has 5 nitrogen and oxygen atoms in total. The van der Waals surface area contributed by atoms with Gasteiger partial charge in [-0.15, -0.1) is 12.4 Å². The molecule has 1 saturated carbocycles. The van der Waals surface area contributed by atoms with Gasteiger partial charge in [0.1, 0.15) is 10.6 Å². The first-order valence-electron chi connectivity index (χ1n) is 6.34. The van der Waals surface area contributed by atoms with E-state index >= 15 is 0 Å². The lowest BCUT2D eigenvalue weighted by Crippen LogP contribution is -2.38. The van der Waals surface area contributed by atoms with Gasteiger partial charge in [0, 0.05) is 12.6 Å². The highest BCUT2D eigenvalue weighted by atomic mass is 35.5. The summed E-state index contributed by atoms with van der Waals surface area (Å²) in [7, 11) is -2.12. The second-order valence-corrected chi connectivity index (χ2v) is 6.74. The van der Waals surface area contributed by atoms with Crippen LogP contribution in [0.15, 0.2) is 23.1 Å². The summed E-state index contributed by atoms with van der Waals surface area (Å²) in [5.41, 5.74) is 6.77. The Balaban J connectivity index is 0.00000200. The summed E-state index contributed by atoms with van der Waals surface area (Å²) in [4.78, 5) is 0.165. The van der Waals surface area contributed by atoms with Gasteiger partial charge >= 0.3 is 0 Å². The standard InChI is InChI=1S/C13H20N2O3S.ClH/c1-9-3-6-12(18-2)13(7-9)19(16,17)15-8-11(14)10-4-5-10;/h3,6-7,10-11,15H,4-5,8,14H2,1-2H3;1H. The predicted octanol–water partition coefficient (Wildman–Crippen LogP) is 1.44. The smallest absolute Gasteiger partial charge is 0.244 e. The van der Waals surface area contributed by atoms with Crippen molar-refractivity contribution in [3.05, 3.63) is 23.8 Å². The summed E-state index contributed by atoms with van der Waals surface area (Å²) in [6.07, 6.45) is 2.19. The molecule has 1 unspecified atom stereocenters. The topological polar surface area (TPSA) is 81.4 Å². The summed E-state index contributed by atoms with van der Waals surface area (Å²) in [5.74, 6) is 0.806. The highest BCUT2D eigenvalue weighted by Crippen LogP contribution is 2.31. The van der Waals surface area contributed by atoms with Crippen LogP contribution in [0.5, 0.6) is 5.75 Å². The molecule has 1 atom stereocenters. The van der Waals surface area contributed by atoms with E-state index in [-0.39, 0.29) is 29.9 Å². The molecule has 2 rings (SSSR count). The third-order valence-corrected chi connectivity index (χ3v) is 4.79. The SMILES string of the molecule is COc1ccc(C)cc1S(=O)(=O)NCC(N)C1CC1.Cl. The summed E-state index contributed by atoms with van der Waals surface area (Å²) >= 11 is 0. The predicted molar refractivity (Wildman–Crippen MR) is 80.9 cm³/mol. The van der Waals surface area contributed by atoms with Crippen LogP contribution in [0.4, 0.5) is 0 Å². The second kappa shape index (κ2) is 6.76. The van der Waals surface area contributed by atoms with E-state index in [4.69, 9.17) is 10.5 Å². The Bertz CT molecular complexity index is 559. The molecule has 7 heteroatoms. The van der Waals surface area contributed by atoms with Crippen molar-refractivity contribution in [3.8, 4) is 5.75 Å². The Kier molecular flexibility index (Phi) is 5.82. The van der Waals surface area contributed by atoms with Gasteiger partial charge in [0.15, 0.2) is 0 Å². The first kappa shape index (κ1) is 17.2. The number of hydrogen-bond donors (Lipinski definition) is 2. The molecular weight excluding hydrogens is 300 g/mol. The quantitative estimate of drug-likeness (QED) is 0.831. The van der Waals surface area contributed by atoms with E-state index in [2.05, 4.69) is 4.72 Å². The van der Waals surface area contributed by atoms with Crippen LogP contribution >= 0.6 is 12.4 Å². The molecule has 20 heavy (non-hydrogen) atoms. The monoisotopic (exact) mass is 320 g/mol. The van der Waals surface area contributed by atoms with Crippen LogP contribution in [0, 0.1) is 12.8 Å². The lowest BCUT2D eigenvalue weighted by atomic mass is 10.2. The number of ether oxygens (including phenoxy) is 1. The fraction of sp³-hybridized carbons (Fsp3) is 0.538. The minimum absolute atomic E-state index is 0. The van der Waals surface area contributed by atoms with Crippen molar-refractivity contribution in [2.45, 2.75) is 30.7 Å². The lowest BCUT2D eigenvalue weighted by Gasteiger charge is -2.14. The zero-order valence-corrected chi connectivity index (χ0v) is 13.3. The van der Waals surface area contributed by atoms with Crippen LogP contribution in [0.2, 0.25) is 0 Å². The van der Waals surface area contributed by atoms with Crippen LogP contribution in [-0.2, 0) is 10.0 Å². The van der Waals surface area contributed by atoms with Crippen molar-refractivity contribution in [1.29, 1.82) is 0 Å². The molecule has 0 saturated heterocycles. The molecule has 0 aliphatic heterocycles. The molecular formula is C13H21ClN2O3S. The molecule has 0 aromatic heterocycles. The van der Waals surface area contributed by atoms with E-state index in [9.17, 15) is 8.42 Å². The maximum atomic E-state index is 12.3. The molecule has 1 aromatic rings. The minimum atomic E-state index is -3.58. The number of halogens is 1. The van der Waals surface area contributed by atoms with Crippen molar-refractivity contribution >= 4 is 22.4 Å². The van der Waals surface area contributed by atoms with E-state index in [1.807, 2.05) is 13.0 Å². The molecule has 1 fully saturated rings. The molecule has 0 amide bonds. The number of rotatable bonds is 6. The Morgan fingerprint density at radius 3 is 2.65 bits per heavy atom. The van der Waals surface area contributed by atoms with Crippen LogP contribution in [-0.4, -0.2) is 28.1 Å². The van der Waals surface area contributed by atoms with E-state index in [0.717, 1.165) is 18.4 Å². The number of hydrogen-bond acceptors (Lipinski definition) is 4. The summed E-state index contributed by atoms with van der Waals surface area (Å²) in [5, 5.41) is 0. The van der Waals surface area contributed by atoms with Gasteiger partial charge < -0.3 is 10.5 Å². The maximum absolute atomic E-state index is 12.3. The van der Waals surface area contributed by atoms with Crippen molar-refractivity contribution in [3.63, 3.8) is 0 Å². The molecule has 1 aromatic carbocycles. The summed E-state index contributed by atoms with van der Waals surface area (Å²) in [6, 6.07) is 4.97. The second-order valence-electron chi connectivity index (χ2n) is 5.01. The van der Waals surface area contributed by atoms with E-state index in [1.54, 1.807) is 12.1 Å². The summed E-state index contributed by atoms with van der Waals surface area (Å²) < 4.78 is 32.2. The highest BCUT2D eigenvalue weighted by molar-refractivity contribution is 7.89. The van der Waals surface area contributed by atoms with Crippen LogP contribution in [0.3, 0.4) is 0 Å². The number of aryl methyl sites for hydroxylation is 1.